The van der Waals surface area contributed by atoms with Crippen molar-refractivity contribution in [1.29, 1.82) is 0 Å². The van der Waals surface area contributed by atoms with Crippen LogP contribution in [0.2, 0.25) is 0 Å². The predicted molar refractivity (Wildman–Crippen MR) is 67.0 cm³/mol. The summed E-state index contributed by atoms with van der Waals surface area (Å²) in [6, 6.07) is -1.16. The molecule has 1 aromatic carbocycles. The van der Waals surface area contributed by atoms with E-state index in [0.29, 0.717) is 12.8 Å². The Kier molecular flexibility index (Phi) is 5.77. The molecule has 1 aromatic rings. The molecule has 0 heterocycles. The van der Waals surface area contributed by atoms with Crippen LogP contribution < -0.4 is 5.73 Å². The molecule has 1 aliphatic rings. The number of benzene rings is 1. The molecular formula is C13H15ClF5N. The fraction of sp³-hybridized carbons (Fsp3) is 0.538. The third-order valence-electron chi connectivity index (χ3n) is 3.73. The van der Waals surface area contributed by atoms with Gasteiger partial charge in [0.1, 0.15) is 0 Å². The maximum absolute atomic E-state index is 13.6. The lowest BCUT2D eigenvalue weighted by molar-refractivity contribution is 0.287. The van der Waals surface area contributed by atoms with Crippen molar-refractivity contribution in [2.75, 3.05) is 0 Å². The summed E-state index contributed by atoms with van der Waals surface area (Å²) in [5, 5.41) is 0. The largest absolute Gasteiger partial charge is 0.324 e. The van der Waals surface area contributed by atoms with Crippen LogP contribution in [-0.4, -0.2) is 0 Å². The Morgan fingerprint density at radius 3 is 1.60 bits per heavy atom. The van der Waals surface area contributed by atoms with E-state index in [1.807, 2.05) is 0 Å². The van der Waals surface area contributed by atoms with Crippen LogP contribution in [-0.2, 0) is 0 Å². The topological polar surface area (TPSA) is 26.0 Å². The molecule has 2 rings (SSSR count). The second-order valence-corrected chi connectivity index (χ2v) is 4.91. The molecule has 0 bridgehead atoms. The third kappa shape index (κ3) is 2.91. The summed E-state index contributed by atoms with van der Waals surface area (Å²) < 4.78 is 66.4. The van der Waals surface area contributed by atoms with E-state index in [-0.39, 0.29) is 18.3 Å². The van der Waals surface area contributed by atoms with E-state index in [1.165, 1.54) is 0 Å². The van der Waals surface area contributed by atoms with E-state index in [4.69, 9.17) is 5.73 Å². The number of nitrogens with two attached hydrogens (primary N) is 1. The zero-order chi connectivity index (χ0) is 14.2. The summed E-state index contributed by atoms with van der Waals surface area (Å²) in [4.78, 5) is 0. The SMILES string of the molecule is Cl.N[C@H](c1c(F)c(F)c(F)c(F)c1F)C1CCCCC1. The van der Waals surface area contributed by atoms with Gasteiger partial charge in [-0.25, -0.2) is 22.0 Å². The van der Waals surface area contributed by atoms with Crippen molar-refractivity contribution in [2.45, 2.75) is 38.1 Å². The first kappa shape index (κ1) is 17.2. The fourth-order valence-electron chi connectivity index (χ4n) is 2.64. The van der Waals surface area contributed by atoms with Gasteiger partial charge in [0.2, 0.25) is 5.82 Å². The Bertz CT molecular complexity index is 459. The lowest BCUT2D eigenvalue weighted by Gasteiger charge is -2.28. The Hall–Kier alpha value is -0.880. The van der Waals surface area contributed by atoms with Gasteiger partial charge in [-0.15, -0.1) is 12.4 Å². The Balaban J connectivity index is 0.00000200. The minimum absolute atomic E-state index is 0. The molecular weight excluding hydrogens is 301 g/mol. The molecule has 1 fully saturated rings. The first-order chi connectivity index (χ1) is 8.95. The molecule has 1 aliphatic carbocycles. The summed E-state index contributed by atoms with van der Waals surface area (Å²) >= 11 is 0. The minimum atomic E-state index is -2.14. The normalized spacial score (nSPS) is 17.7. The lowest BCUT2D eigenvalue weighted by Crippen LogP contribution is -2.27. The number of hydrogen-bond acceptors (Lipinski definition) is 1. The molecule has 0 amide bonds. The van der Waals surface area contributed by atoms with E-state index in [1.54, 1.807) is 0 Å². The van der Waals surface area contributed by atoms with Crippen molar-refractivity contribution in [3.8, 4) is 0 Å². The molecule has 1 atom stereocenters. The standard InChI is InChI=1S/C13H14F5N.ClH/c14-8-7(9(15)11(17)12(18)10(8)16)13(19)6-4-2-1-3-5-6;/h6,13H,1-5,19H2;1H/t13-;/m0./s1. The smallest absolute Gasteiger partial charge is 0.200 e. The first-order valence-corrected chi connectivity index (χ1v) is 6.22. The second-order valence-electron chi connectivity index (χ2n) is 4.91. The molecule has 0 aliphatic heterocycles. The van der Waals surface area contributed by atoms with Gasteiger partial charge >= 0.3 is 0 Å². The van der Waals surface area contributed by atoms with E-state index < -0.39 is 40.7 Å². The Morgan fingerprint density at radius 1 is 0.750 bits per heavy atom. The zero-order valence-corrected chi connectivity index (χ0v) is 11.4. The van der Waals surface area contributed by atoms with Crippen LogP contribution in [0.5, 0.6) is 0 Å². The summed E-state index contributed by atoms with van der Waals surface area (Å²) in [5.41, 5.74) is 4.84. The number of hydrogen-bond donors (Lipinski definition) is 1. The average Bonchev–Trinajstić information content (AvgIpc) is 2.44. The molecule has 0 spiro atoms. The Labute approximate surface area is 119 Å². The number of rotatable bonds is 2. The van der Waals surface area contributed by atoms with Crippen molar-refractivity contribution >= 4 is 12.4 Å². The second kappa shape index (κ2) is 6.72. The van der Waals surface area contributed by atoms with Gasteiger partial charge in [0.25, 0.3) is 0 Å². The molecule has 20 heavy (non-hydrogen) atoms. The van der Waals surface area contributed by atoms with Crippen molar-refractivity contribution in [3.63, 3.8) is 0 Å². The van der Waals surface area contributed by atoms with Crippen LogP contribution in [0.3, 0.4) is 0 Å². The van der Waals surface area contributed by atoms with Crippen LogP contribution >= 0.6 is 12.4 Å². The molecule has 114 valence electrons. The van der Waals surface area contributed by atoms with E-state index in [2.05, 4.69) is 0 Å². The van der Waals surface area contributed by atoms with E-state index >= 15 is 0 Å². The van der Waals surface area contributed by atoms with Gasteiger partial charge < -0.3 is 5.73 Å². The van der Waals surface area contributed by atoms with Crippen LogP contribution in [0, 0.1) is 35.0 Å². The van der Waals surface area contributed by atoms with Gasteiger partial charge in [0.15, 0.2) is 23.3 Å². The van der Waals surface area contributed by atoms with Crippen molar-refractivity contribution < 1.29 is 22.0 Å². The fourth-order valence-corrected chi connectivity index (χ4v) is 2.64. The maximum Gasteiger partial charge on any atom is 0.200 e. The highest BCUT2D eigenvalue weighted by molar-refractivity contribution is 5.85. The first-order valence-electron chi connectivity index (χ1n) is 6.22. The van der Waals surface area contributed by atoms with Crippen LogP contribution in [0.4, 0.5) is 22.0 Å². The highest BCUT2D eigenvalue weighted by atomic mass is 35.5. The summed E-state index contributed by atoms with van der Waals surface area (Å²) in [7, 11) is 0. The average molecular weight is 316 g/mol. The van der Waals surface area contributed by atoms with Gasteiger partial charge in [-0.05, 0) is 18.8 Å². The highest BCUT2D eigenvalue weighted by Gasteiger charge is 2.32. The summed E-state index contributed by atoms with van der Waals surface area (Å²) in [6.07, 6.45) is 3.99. The summed E-state index contributed by atoms with van der Waals surface area (Å²) in [6.45, 7) is 0. The molecule has 0 aromatic heterocycles. The summed E-state index contributed by atoms with van der Waals surface area (Å²) in [5.74, 6) is -9.87. The van der Waals surface area contributed by atoms with Gasteiger partial charge in [-0.3, -0.25) is 0 Å². The third-order valence-corrected chi connectivity index (χ3v) is 3.73. The van der Waals surface area contributed by atoms with E-state index in [9.17, 15) is 22.0 Å². The molecule has 1 saturated carbocycles. The zero-order valence-electron chi connectivity index (χ0n) is 10.6. The van der Waals surface area contributed by atoms with Gasteiger partial charge in [-0.2, -0.15) is 0 Å². The number of halogens is 6. The van der Waals surface area contributed by atoms with Crippen LogP contribution in [0.25, 0.3) is 0 Å². The van der Waals surface area contributed by atoms with Crippen molar-refractivity contribution in [3.05, 3.63) is 34.6 Å². The Morgan fingerprint density at radius 2 is 1.15 bits per heavy atom. The van der Waals surface area contributed by atoms with E-state index in [0.717, 1.165) is 19.3 Å². The molecule has 1 nitrogen and oxygen atoms in total. The minimum Gasteiger partial charge on any atom is -0.324 e. The van der Waals surface area contributed by atoms with Gasteiger partial charge in [0, 0.05) is 11.6 Å². The van der Waals surface area contributed by atoms with Crippen molar-refractivity contribution in [2.24, 2.45) is 11.7 Å². The van der Waals surface area contributed by atoms with Crippen molar-refractivity contribution in [1.82, 2.24) is 0 Å². The molecule has 7 heteroatoms. The predicted octanol–water partition coefficient (Wildman–Crippen LogP) is 4.38. The van der Waals surface area contributed by atoms with Gasteiger partial charge in [-0.1, -0.05) is 19.3 Å². The molecule has 2 N–H and O–H groups in total. The highest BCUT2D eigenvalue weighted by Crippen LogP contribution is 2.36. The van der Waals surface area contributed by atoms with Crippen LogP contribution in [0.15, 0.2) is 0 Å². The quantitative estimate of drug-likeness (QED) is 0.489. The lowest BCUT2D eigenvalue weighted by atomic mass is 9.81. The monoisotopic (exact) mass is 315 g/mol. The maximum atomic E-state index is 13.6. The van der Waals surface area contributed by atoms with Crippen LogP contribution in [0.1, 0.15) is 43.7 Å². The van der Waals surface area contributed by atoms with Gasteiger partial charge in [0.05, 0.1) is 0 Å². The molecule has 0 radical (unpaired) electrons. The molecule has 0 unspecified atom stereocenters. The molecule has 0 saturated heterocycles.